The first kappa shape index (κ1) is 16.9. The van der Waals surface area contributed by atoms with Gasteiger partial charge in [-0.15, -0.1) is 0 Å². The van der Waals surface area contributed by atoms with Crippen molar-refractivity contribution >= 4 is 5.97 Å². The molecule has 0 aliphatic carbocycles. The van der Waals surface area contributed by atoms with Gasteiger partial charge >= 0.3 is 5.97 Å². The first-order chi connectivity index (χ1) is 10.7. The van der Waals surface area contributed by atoms with Gasteiger partial charge in [-0.05, 0) is 24.9 Å². The molecule has 0 radical (unpaired) electrons. The van der Waals surface area contributed by atoms with E-state index in [2.05, 4.69) is 10.2 Å². The van der Waals surface area contributed by atoms with Crippen molar-refractivity contribution in [2.45, 2.75) is 37.9 Å². The van der Waals surface area contributed by atoms with Crippen LogP contribution < -0.4 is 5.32 Å². The molecule has 2 N–H and O–H groups in total. The Bertz CT molecular complexity index is 452. The van der Waals surface area contributed by atoms with E-state index >= 15 is 0 Å². The molecular formula is C17H26N2O3. The van der Waals surface area contributed by atoms with Gasteiger partial charge in [0.2, 0.25) is 0 Å². The van der Waals surface area contributed by atoms with E-state index in [1.54, 1.807) is 0 Å². The number of likely N-dealkylation sites (tertiary alicyclic amines) is 1. The van der Waals surface area contributed by atoms with E-state index in [4.69, 9.17) is 4.74 Å². The maximum atomic E-state index is 12.0. The molecule has 2 rings (SSSR count). The Balaban J connectivity index is 1.95. The van der Waals surface area contributed by atoms with Gasteiger partial charge in [-0.1, -0.05) is 36.8 Å². The topological polar surface area (TPSA) is 61.8 Å². The van der Waals surface area contributed by atoms with Crippen LogP contribution in [-0.2, 0) is 16.1 Å². The Morgan fingerprint density at radius 3 is 2.86 bits per heavy atom. The highest BCUT2D eigenvalue weighted by Crippen LogP contribution is 2.17. The number of benzene rings is 1. The van der Waals surface area contributed by atoms with Crippen LogP contribution in [0, 0.1) is 0 Å². The predicted octanol–water partition coefficient (Wildman–Crippen LogP) is 1.16. The number of aliphatic hydroxyl groups is 1. The molecule has 5 nitrogen and oxygen atoms in total. The van der Waals surface area contributed by atoms with E-state index in [-0.39, 0.29) is 24.7 Å². The molecule has 0 spiro atoms. The number of carbonyl (C=O) groups is 1. The summed E-state index contributed by atoms with van der Waals surface area (Å²) < 4.78 is 4.92. The van der Waals surface area contributed by atoms with E-state index in [9.17, 15) is 9.90 Å². The number of aliphatic hydroxyl groups excluding tert-OH is 1. The lowest BCUT2D eigenvalue weighted by Gasteiger charge is -2.36. The van der Waals surface area contributed by atoms with Crippen LogP contribution in [0.3, 0.4) is 0 Å². The fourth-order valence-corrected chi connectivity index (χ4v) is 2.94. The van der Waals surface area contributed by atoms with Gasteiger partial charge in [-0.25, -0.2) is 0 Å². The summed E-state index contributed by atoms with van der Waals surface area (Å²) in [6, 6.07) is 9.77. The summed E-state index contributed by atoms with van der Waals surface area (Å²) in [6.45, 7) is 2.27. The van der Waals surface area contributed by atoms with E-state index in [0.29, 0.717) is 13.1 Å². The Kier molecular flexibility index (Phi) is 6.83. The first-order valence-electron chi connectivity index (χ1n) is 7.94. The fraction of sp³-hybridized carbons (Fsp3) is 0.588. The van der Waals surface area contributed by atoms with Crippen molar-refractivity contribution < 1.29 is 14.6 Å². The summed E-state index contributed by atoms with van der Waals surface area (Å²) in [5, 5.41) is 12.8. The zero-order valence-electron chi connectivity index (χ0n) is 13.2. The lowest BCUT2D eigenvalue weighted by Crippen LogP contribution is -2.51. The third-order valence-electron chi connectivity index (χ3n) is 4.26. The Hall–Kier alpha value is -1.43. The van der Waals surface area contributed by atoms with Gasteiger partial charge in [-0.3, -0.25) is 15.0 Å². The number of hydrogen-bond acceptors (Lipinski definition) is 5. The second-order valence-corrected chi connectivity index (χ2v) is 5.77. The van der Waals surface area contributed by atoms with Crippen molar-refractivity contribution in [3.05, 3.63) is 35.9 Å². The molecule has 122 valence electrons. The largest absolute Gasteiger partial charge is 0.468 e. The van der Waals surface area contributed by atoms with E-state index in [1.165, 1.54) is 7.11 Å². The summed E-state index contributed by atoms with van der Waals surface area (Å²) in [4.78, 5) is 14.2. The number of nitrogens with one attached hydrogen (secondary N) is 1. The highest BCUT2D eigenvalue weighted by atomic mass is 16.5. The predicted molar refractivity (Wildman–Crippen MR) is 85.4 cm³/mol. The molecule has 22 heavy (non-hydrogen) atoms. The second-order valence-electron chi connectivity index (χ2n) is 5.77. The summed E-state index contributed by atoms with van der Waals surface area (Å²) in [6.07, 6.45) is 3.24. The highest BCUT2D eigenvalue weighted by Gasteiger charge is 2.27. The summed E-state index contributed by atoms with van der Waals surface area (Å²) in [7, 11) is 1.42. The molecule has 1 saturated heterocycles. The summed E-state index contributed by atoms with van der Waals surface area (Å²) in [5.41, 5.74) is 1.13. The van der Waals surface area contributed by atoms with Crippen LogP contribution >= 0.6 is 0 Å². The molecule has 1 aliphatic heterocycles. The standard InChI is InChI=1S/C17H26N2O3/c1-22-17(21)16(18-11-14-7-3-2-4-8-14)12-19-10-6-5-9-15(19)13-20/h2-4,7-8,15-16,18,20H,5-6,9-13H2,1H3/t15-,16-/m0/s1. The molecule has 0 bridgehead atoms. The van der Waals surface area contributed by atoms with Crippen molar-refractivity contribution in [2.24, 2.45) is 0 Å². The molecule has 2 atom stereocenters. The van der Waals surface area contributed by atoms with Crippen LogP contribution in [0.15, 0.2) is 30.3 Å². The Morgan fingerprint density at radius 1 is 1.41 bits per heavy atom. The average molecular weight is 306 g/mol. The zero-order valence-corrected chi connectivity index (χ0v) is 13.2. The minimum absolute atomic E-state index is 0.145. The third kappa shape index (κ3) is 4.80. The van der Waals surface area contributed by atoms with Crippen molar-refractivity contribution in [1.82, 2.24) is 10.2 Å². The average Bonchev–Trinajstić information content (AvgIpc) is 2.59. The van der Waals surface area contributed by atoms with Gasteiger partial charge < -0.3 is 9.84 Å². The lowest BCUT2D eigenvalue weighted by atomic mass is 10.0. The second kappa shape index (κ2) is 8.88. The Labute approximate surface area is 132 Å². The molecule has 5 heteroatoms. The number of esters is 1. The third-order valence-corrected chi connectivity index (χ3v) is 4.26. The molecule has 0 aromatic heterocycles. The van der Waals surface area contributed by atoms with Gasteiger partial charge in [0.05, 0.1) is 13.7 Å². The van der Waals surface area contributed by atoms with Crippen LogP contribution in [-0.4, -0.2) is 54.9 Å². The van der Waals surface area contributed by atoms with Gasteiger partial charge in [0.1, 0.15) is 6.04 Å². The van der Waals surface area contributed by atoms with Gasteiger partial charge in [0.15, 0.2) is 0 Å². The van der Waals surface area contributed by atoms with E-state index < -0.39 is 0 Å². The van der Waals surface area contributed by atoms with Gasteiger partial charge in [0.25, 0.3) is 0 Å². The van der Waals surface area contributed by atoms with Crippen molar-refractivity contribution in [2.75, 3.05) is 26.8 Å². The molecule has 1 aromatic carbocycles. The number of rotatable bonds is 7. The summed E-state index contributed by atoms with van der Waals surface area (Å²) >= 11 is 0. The maximum Gasteiger partial charge on any atom is 0.324 e. The number of methoxy groups -OCH3 is 1. The monoisotopic (exact) mass is 306 g/mol. The quantitative estimate of drug-likeness (QED) is 0.740. The molecule has 0 unspecified atom stereocenters. The van der Waals surface area contributed by atoms with E-state index in [0.717, 1.165) is 31.4 Å². The SMILES string of the molecule is COC(=O)[C@H](CN1CCCC[C@H]1CO)NCc1ccccc1. The molecule has 1 aromatic rings. The zero-order chi connectivity index (χ0) is 15.8. The first-order valence-corrected chi connectivity index (χ1v) is 7.94. The fourth-order valence-electron chi connectivity index (χ4n) is 2.94. The summed E-state index contributed by atoms with van der Waals surface area (Å²) in [5.74, 6) is -0.252. The number of piperidine rings is 1. The van der Waals surface area contributed by atoms with Crippen molar-refractivity contribution in [3.63, 3.8) is 0 Å². The molecule has 1 fully saturated rings. The minimum atomic E-state index is -0.377. The normalized spacial score (nSPS) is 20.5. The number of ether oxygens (including phenoxy) is 1. The smallest absolute Gasteiger partial charge is 0.324 e. The van der Waals surface area contributed by atoms with Gasteiger partial charge in [0, 0.05) is 19.1 Å². The maximum absolute atomic E-state index is 12.0. The van der Waals surface area contributed by atoms with Crippen LogP contribution in [0.5, 0.6) is 0 Å². The van der Waals surface area contributed by atoms with Crippen molar-refractivity contribution in [3.8, 4) is 0 Å². The molecule has 1 heterocycles. The molecule has 0 amide bonds. The van der Waals surface area contributed by atoms with Crippen LogP contribution in [0.2, 0.25) is 0 Å². The number of carbonyl (C=O) groups excluding carboxylic acids is 1. The molecule has 0 saturated carbocycles. The Morgan fingerprint density at radius 2 is 2.18 bits per heavy atom. The van der Waals surface area contributed by atoms with Crippen LogP contribution in [0.4, 0.5) is 0 Å². The van der Waals surface area contributed by atoms with E-state index in [1.807, 2.05) is 30.3 Å². The number of nitrogens with zero attached hydrogens (tertiary/aromatic N) is 1. The lowest BCUT2D eigenvalue weighted by molar-refractivity contribution is -0.144. The van der Waals surface area contributed by atoms with Crippen LogP contribution in [0.25, 0.3) is 0 Å². The molecular weight excluding hydrogens is 280 g/mol. The molecule has 1 aliphatic rings. The highest BCUT2D eigenvalue weighted by molar-refractivity contribution is 5.75. The van der Waals surface area contributed by atoms with Gasteiger partial charge in [-0.2, -0.15) is 0 Å². The van der Waals surface area contributed by atoms with Crippen LogP contribution in [0.1, 0.15) is 24.8 Å². The minimum Gasteiger partial charge on any atom is -0.468 e. The number of hydrogen-bond donors (Lipinski definition) is 2. The van der Waals surface area contributed by atoms with Crippen molar-refractivity contribution in [1.29, 1.82) is 0 Å².